The fraction of sp³-hybridized carbons (Fsp3) is 0.333. The molecule has 9 nitrogen and oxygen atoms in total. The molecule has 0 bridgehead atoms. The van der Waals surface area contributed by atoms with E-state index in [0.29, 0.717) is 34.9 Å². The van der Waals surface area contributed by atoms with Crippen LogP contribution in [0.25, 0.3) is 0 Å². The first-order valence-corrected chi connectivity index (χ1v) is 8.92. The number of hydrogen-bond donors (Lipinski definition) is 3. The lowest BCUT2D eigenvalue weighted by Gasteiger charge is -2.05. The van der Waals surface area contributed by atoms with Gasteiger partial charge in [-0.1, -0.05) is 23.4 Å². The van der Waals surface area contributed by atoms with Crippen LogP contribution in [0.2, 0.25) is 5.02 Å². The van der Waals surface area contributed by atoms with Gasteiger partial charge in [-0.05, 0) is 24.3 Å². The fourth-order valence-electron chi connectivity index (χ4n) is 1.69. The summed E-state index contributed by atoms with van der Waals surface area (Å²) in [7, 11) is 1.52. The fourth-order valence-corrected chi connectivity index (χ4v) is 2.44. The molecule has 0 radical (unpaired) electrons. The van der Waals surface area contributed by atoms with Gasteiger partial charge in [0.2, 0.25) is 11.1 Å². The summed E-state index contributed by atoms with van der Waals surface area (Å²) in [5.74, 6) is 0.722. The van der Waals surface area contributed by atoms with Crippen LogP contribution in [-0.2, 0) is 16.1 Å². The van der Waals surface area contributed by atoms with Crippen LogP contribution in [0.4, 0.5) is 4.79 Å². The summed E-state index contributed by atoms with van der Waals surface area (Å²) in [6.45, 7) is 0.887. The summed E-state index contributed by atoms with van der Waals surface area (Å²) in [5.41, 5.74) is 0. The van der Waals surface area contributed by atoms with Crippen LogP contribution in [0.3, 0.4) is 0 Å². The lowest BCUT2D eigenvalue weighted by molar-refractivity contribution is -0.117. The molecule has 140 valence electrons. The molecular weight excluding hydrogens is 382 g/mol. The number of aromatic nitrogens is 3. The Kier molecular flexibility index (Phi) is 8.19. The first-order chi connectivity index (χ1) is 12.6. The van der Waals surface area contributed by atoms with E-state index in [0.717, 1.165) is 11.8 Å². The number of halogens is 1. The van der Waals surface area contributed by atoms with Gasteiger partial charge in [0, 0.05) is 18.7 Å². The number of H-pyrrole nitrogens is 1. The van der Waals surface area contributed by atoms with Crippen LogP contribution in [-0.4, -0.2) is 53.1 Å². The van der Waals surface area contributed by atoms with Crippen molar-refractivity contribution < 1.29 is 19.1 Å². The Bertz CT molecular complexity index is 725. The SMILES string of the molecule is COCCNC(=O)NC(=O)CSc1n[nH]c(COc2ccc(Cl)cc2)n1. The Hall–Kier alpha value is -2.30. The number of carbonyl (C=O) groups excluding carboxylic acids is 2. The number of ether oxygens (including phenoxy) is 2. The average Bonchev–Trinajstić information content (AvgIpc) is 3.08. The number of carbonyl (C=O) groups is 2. The number of hydrogen-bond acceptors (Lipinski definition) is 7. The molecule has 0 spiro atoms. The van der Waals surface area contributed by atoms with E-state index in [1.807, 2.05) is 0 Å². The number of benzene rings is 1. The largest absolute Gasteiger partial charge is 0.486 e. The van der Waals surface area contributed by atoms with Gasteiger partial charge in [0.1, 0.15) is 12.4 Å². The second-order valence-electron chi connectivity index (χ2n) is 4.89. The molecule has 1 aromatic carbocycles. The molecule has 2 rings (SSSR count). The predicted molar refractivity (Wildman–Crippen MR) is 96.3 cm³/mol. The molecule has 0 aliphatic rings. The minimum Gasteiger partial charge on any atom is -0.486 e. The van der Waals surface area contributed by atoms with Gasteiger partial charge in [0.25, 0.3) is 0 Å². The van der Waals surface area contributed by atoms with E-state index in [2.05, 4.69) is 25.8 Å². The topological polar surface area (TPSA) is 118 Å². The van der Waals surface area contributed by atoms with Crippen LogP contribution in [0.5, 0.6) is 5.75 Å². The molecule has 0 fully saturated rings. The minimum atomic E-state index is -0.570. The molecule has 3 amide bonds. The zero-order chi connectivity index (χ0) is 18.8. The third-order valence-corrected chi connectivity index (χ3v) is 3.98. The van der Waals surface area contributed by atoms with Crippen molar-refractivity contribution in [3.8, 4) is 5.75 Å². The van der Waals surface area contributed by atoms with E-state index in [9.17, 15) is 9.59 Å². The monoisotopic (exact) mass is 399 g/mol. The highest BCUT2D eigenvalue weighted by molar-refractivity contribution is 7.99. The molecule has 2 aromatic rings. The van der Waals surface area contributed by atoms with Gasteiger partial charge in [-0.2, -0.15) is 0 Å². The standard InChI is InChI=1S/C15H18ClN5O4S/c1-24-7-6-17-14(23)19-13(22)9-26-15-18-12(20-21-15)8-25-11-4-2-10(16)3-5-11/h2-5H,6-9H2,1H3,(H,18,20,21)(H2,17,19,22,23). The van der Waals surface area contributed by atoms with Crippen molar-refractivity contribution >= 4 is 35.3 Å². The van der Waals surface area contributed by atoms with Crippen LogP contribution in [0.15, 0.2) is 29.4 Å². The molecule has 0 unspecified atom stereocenters. The Morgan fingerprint density at radius 1 is 1.31 bits per heavy atom. The smallest absolute Gasteiger partial charge is 0.321 e. The first kappa shape index (κ1) is 20.0. The van der Waals surface area contributed by atoms with E-state index in [4.69, 9.17) is 21.1 Å². The van der Waals surface area contributed by atoms with E-state index < -0.39 is 11.9 Å². The number of thioether (sulfide) groups is 1. The molecule has 0 aliphatic heterocycles. The Balaban J connectivity index is 1.69. The normalized spacial score (nSPS) is 10.4. The third kappa shape index (κ3) is 7.30. The van der Waals surface area contributed by atoms with Crippen LogP contribution >= 0.6 is 23.4 Å². The highest BCUT2D eigenvalue weighted by Crippen LogP contribution is 2.17. The van der Waals surface area contributed by atoms with Gasteiger partial charge in [-0.3, -0.25) is 15.2 Å². The quantitative estimate of drug-likeness (QED) is 0.433. The van der Waals surface area contributed by atoms with Crippen molar-refractivity contribution in [3.63, 3.8) is 0 Å². The summed E-state index contributed by atoms with van der Waals surface area (Å²) in [6.07, 6.45) is 0. The van der Waals surface area contributed by atoms with Crippen molar-refractivity contribution in [2.45, 2.75) is 11.8 Å². The van der Waals surface area contributed by atoms with Gasteiger partial charge in [0.05, 0.1) is 12.4 Å². The highest BCUT2D eigenvalue weighted by Gasteiger charge is 2.10. The molecule has 3 N–H and O–H groups in total. The Labute approximate surface area is 159 Å². The summed E-state index contributed by atoms with van der Waals surface area (Å²) in [6, 6.07) is 6.37. The maximum atomic E-state index is 11.7. The molecule has 0 aliphatic carbocycles. The van der Waals surface area contributed by atoms with Gasteiger partial charge >= 0.3 is 6.03 Å². The summed E-state index contributed by atoms with van der Waals surface area (Å²) in [5, 5.41) is 12.4. The number of nitrogens with one attached hydrogen (secondary N) is 3. The van der Waals surface area contributed by atoms with Gasteiger partial charge in [-0.25, -0.2) is 9.78 Å². The summed E-state index contributed by atoms with van der Waals surface area (Å²) < 4.78 is 10.3. The number of methoxy groups -OCH3 is 1. The number of rotatable bonds is 9. The number of urea groups is 1. The van der Waals surface area contributed by atoms with Crippen molar-refractivity contribution in [2.75, 3.05) is 26.0 Å². The van der Waals surface area contributed by atoms with Crippen molar-refractivity contribution in [1.82, 2.24) is 25.8 Å². The van der Waals surface area contributed by atoms with Gasteiger partial charge in [-0.15, -0.1) is 5.10 Å². The highest BCUT2D eigenvalue weighted by atomic mass is 35.5. The third-order valence-electron chi connectivity index (χ3n) is 2.88. The number of aromatic amines is 1. The lowest BCUT2D eigenvalue weighted by atomic mass is 10.3. The second kappa shape index (κ2) is 10.6. The van der Waals surface area contributed by atoms with Crippen LogP contribution in [0, 0.1) is 0 Å². The van der Waals surface area contributed by atoms with Crippen molar-refractivity contribution in [3.05, 3.63) is 35.1 Å². The number of imide groups is 1. The molecule has 26 heavy (non-hydrogen) atoms. The molecule has 0 saturated heterocycles. The van der Waals surface area contributed by atoms with E-state index in [-0.39, 0.29) is 12.4 Å². The molecule has 11 heteroatoms. The molecule has 0 saturated carbocycles. The number of nitrogens with zero attached hydrogens (tertiary/aromatic N) is 2. The Morgan fingerprint density at radius 3 is 2.81 bits per heavy atom. The lowest BCUT2D eigenvalue weighted by Crippen LogP contribution is -2.41. The average molecular weight is 400 g/mol. The molecule has 1 aromatic heterocycles. The van der Waals surface area contributed by atoms with Crippen LogP contribution in [0.1, 0.15) is 5.82 Å². The maximum absolute atomic E-state index is 11.7. The van der Waals surface area contributed by atoms with Crippen molar-refractivity contribution in [1.29, 1.82) is 0 Å². The predicted octanol–water partition coefficient (Wildman–Crippen LogP) is 1.60. The maximum Gasteiger partial charge on any atom is 0.321 e. The van der Waals surface area contributed by atoms with Gasteiger partial charge < -0.3 is 14.8 Å². The molecule has 0 atom stereocenters. The zero-order valence-electron chi connectivity index (χ0n) is 14.0. The molecular formula is C15H18ClN5O4S. The van der Waals surface area contributed by atoms with Gasteiger partial charge in [0.15, 0.2) is 5.82 Å². The zero-order valence-corrected chi connectivity index (χ0v) is 15.5. The van der Waals surface area contributed by atoms with Crippen molar-refractivity contribution in [2.24, 2.45) is 0 Å². The van der Waals surface area contributed by atoms with E-state index >= 15 is 0 Å². The summed E-state index contributed by atoms with van der Waals surface area (Å²) >= 11 is 6.91. The molecule has 1 heterocycles. The second-order valence-corrected chi connectivity index (χ2v) is 6.27. The Morgan fingerprint density at radius 2 is 2.08 bits per heavy atom. The minimum absolute atomic E-state index is 0.00698. The van der Waals surface area contributed by atoms with Crippen LogP contribution < -0.4 is 15.4 Å². The summed E-state index contributed by atoms with van der Waals surface area (Å²) in [4.78, 5) is 27.3. The first-order valence-electron chi connectivity index (χ1n) is 7.56. The number of amides is 3. The van der Waals surface area contributed by atoms with E-state index in [1.165, 1.54) is 7.11 Å². The van der Waals surface area contributed by atoms with E-state index in [1.54, 1.807) is 24.3 Å².